The van der Waals surface area contributed by atoms with Gasteiger partial charge in [0.25, 0.3) is 0 Å². The van der Waals surface area contributed by atoms with Crippen LogP contribution in [0.1, 0.15) is 24.1 Å². The second-order valence-electron chi connectivity index (χ2n) is 8.21. The summed E-state index contributed by atoms with van der Waals surface area (Å²) in [6.07, 6.45) is 3.59. The van der Waals surface area contributed by atoms with Crippen molar-refractivity contribution in [2.45, 2.75) is 32.9 Å². The molecule has 5 rings (SSSR count). The summed E-state index contributed by atoms with van der Waals surface area (Å²) in [6, 6.07) is 7.27. The molecule has 2 bridgehead atoms. The Labute approximate surface area is 183 Å². The Bertz CT molecular complexity index is 1190. The Hall–Kier alpha value is -3.49. The van der Waals surface area contributed by atoms with Crippen LogP contribution in [0.5, 0.6) is 17.4 Å². The van der Waals surface area contributed by atoms with Crippen molar-refractivity contribution in [2.24, 2.45) is 5.92 Å². The molecule has 0 N–H and O–H groups in total. The van der Waals surface area contributed by atoms with E-state index in [1.165, 1.54) is 6.20 Å². The molecule has 7 nitrogen and oxygen atoms in total. The molecular weight excluding hydrogens is 418 g/mol. The molecule has 2 aromatic heterocycles. The van der Waals surface area contributed by atoms with Crippen molar-refractivity contribution in [3.63, 3.8) is 0 Å². The molecule has 1 aromatic carbocycles. The zero-order valence-electron chi connectivity index (χ0n) is 17.6. The molecule has 0 saturated carbocycles. The van der Waals surface area contributed by atoms with Crippen LogP contribution in [0, 0.1) is 24.5 Å². The van der Waals surface area contributed by atoms with E-state index in [0.717, 1.165) is 49.6 Å². The Morgan fingerprint density at radius 2 is 1.97 bits per heavy atom. The maximum absolute atomic E-state index is 14.5. The number of rotatable bonds is 5. The van der Waals surface area contributed by atoms with Crippen LogP contribution >= 0.6 is 0 Å². The van der Waals surface area contributed by atoms with Gasteiger partial charge in [-0.05, 0) is 55.5 Å². The zero-order chi connectivity index (χ0) is 22.2. The van der Waals surface area contributed by atoms with E-state index in [1.54, 1.807) is 29.7 Å². The quantitative estimate of drug-likeness (QED) is 0.601. The molecule has 166 valence electrons. The largest absolute Gasteiger partial charge is 0.473 e. The highest BCUT2D eigenvalue weighted by Gasteiger charge is 2.29. The zero-order valence-corrected chi connectivity index (χ0v) is 17.6. The van der Waals surface area contributed by atoms with E-state index in [4.69, 9.17) is 9.47 Å². The van der Waals surface area contributed by atoms with Crippen LogP contribution in [-0.2, 0) is 13.2 Å². The lowest BCUT2D eigenvalue weighted by Gasteiger charge is -2.40. The summed E-state index contributed by atoms with van der Waals surface area (Å²) in [6.45, 7) is 4.12. The first-order chi connectivity index (χ1) is 15.5. The smallest absolute Gasteiger partial charge is 0.352 e. The van der Waals surface area contributed by atoms with Crippen molar-refractivity contribution in [3.8, 4) is 17.4 Å². The number of hydrogen-bond donors (Lipinski definition) is 0. The molecule has 2 aliphatic rings. The summed E-state index contributed by atoms with van der Waals surface area (Å²) < 4.78 is 41.6. The van der Waals surface area contributed by atoms with Crippen molar-refractivity contribution in [3.05, 3.63) is 69.9 Å². The van der Waals surface area contributed by atoms with Crippen LogP contribution in [0.3, 0.4) is 0 Å². The molecule has 4 heterocycles. The molecule has 0 radical (unpaired) electrons. The lowest BCUT2D eigenvalue weighted by molar-refractivity contribution is 0.281. The van der Waals surface area contributed by atoms with E-state index in [-0.39, 0.29) is 29.5 Å². The first-order valence-electron chi connectivity index (χ1n) is 10.5. The predicted molar refractivity (Wildman–Crippen MR) is 113 cm³/mol. The Kier molecular flexibility index (Phi) is 5.24. The van der Waals surface area contributed by atoms with Crippen LogP contribution in [0.4, 0.5) is 14.6 Å². The van der Waals surface area contributed by atoms with Gasteiger partial charge < -0.3 is 14.4 Å². The molecule has 32 heavy (non-hydrogen) atoms. The number of aryl methyl sites for hydroxylation is 1. The molecular formula is C23H22F2N4O3. The summed E-state index contributed by atoms with van der Waals surface area (Å²) in [5.74, 6) is -0.616. The van der Waals surface area contributed by atoms with Crippen LogP contribution in [-0.4, -0.2) is 27.6 Å². The van der Waals surface area contributed by atoms with E-state index in [9.17, 15) is 13.6 Å². The van der Waals surface area contributed by atoms with Crippen molar-refractivity contribution in [1.82, 2.24) is 14.5 Å². The molecule has 1 unspecified atom stereocenters. The monoisotopic (exact) mass is 440 g/mol. The summed E-state index contributed by atoms with van der Waals surface area (Å²) in [5.41, 5.74) is 0.648. The predicted octanol–water partition coefficient (Wildman–Crippen LogP) is 3.83. The van der Waals surface area contributed by atoms with Gasteiger partial charge >= 0.3 is 5.69 Å². The number of halogens is 2. The lowest BCUT2D eigenvalue weighted by atomic mass is 9.96. The number of piperidine rings is 1. The second-order valence-corrected chi connectivity index (χ2v) is 8.21. The fraction of sp³-hybridized carbons (Fsp3) is 0.348. The van der Waals surface area contributed by atoms with Gasteiger partial charge in [0.1, 0.15) is 18.2 Å². The topological polar surface area (TPSA) is 69.5 Å². The SMILES string of the molecule is Cc1ccc(Oc2c(F)cc(COc3cc4n(c(=O)n3)CC3CCCN4C3)cc2F)cn1. The maximum Gasteiger partial charge on any atom is 0.352 e. The first kappa shape index (κ1) is 20.4. The van der Waals surface area contributed by atoms with Gasteiger partial charge in [0.2, 0.25) is 5.88 Å². The van der Waals surface area contributed by atoms with Gasteiger partial charge in [-0.1, -0.05) is 0 Å². The van der Waals surface area contributed by atoms with Gasteiger partial charge in [-0.15, -0.1) is 0 Å². The Morgan fingerprint density at radius 1 is 1.16 bits per heavy atom. The summed E-state index contributed by atoms with van der Waals surface area (Å²) >= 11 is 0. The number of aromatic nitrogens is 3. The highest BCUT2D eigenvalue weighted by molar-refractivity contribution is 5.44. The third kappa shape index (κ3) is 4.02. The number of anilines is 1. The standard InChI is InChI=1S/C23H22F2N4O3/c1-14-4-5-17(10-26-14)32-22-18(24)7-16(8-19(22)25)13-31-20-9-21-28-6-2-3-15(11-28)12-29(21)23(30)27-20/h4-5,7-10,15H,2-3,6,11-13H2,1H3. The van der Waals surface area contributed by atoms with Crippen molar-refractivity contribution in [1.29, 1.82) is 0 Å². The van der Waals surface area contributed by atoms with Gasteiger partial charge in [-0.25, -0.2) is 13.6 Å². The lowest BCUT2D eigenvalue weighted by Crippen LogP contribution is -2.46. The van der Waals surface area contributed by atoms with Gasteiger partial charge in [0.15, 0.2) is 17.4 Å². The van der Waals surface area contributed by atoms with E-state index in [0.29, 0.717) is 12.5 Å². The van der Waals surface area contributed by atoms with Crippen LogP contribution in [0.25, 0.3) is 0 Å². The van der Waals surface area contributed by atoms with Crippen LogP contribution < -0.4 is 20.1 Å². The van der Waals surface area contributed by atoms with Crippen molar-refractivity contribution >= 4 is 5.82 Å². The highest BCUT2D eigenvalue weighted by Crippen LogP contribution is 2.31. The van der Waals surface area contributed by atoms with E-state index in [2.05, 4.69) is 14.9 Å². The molecule has 0 amide bonds. The van der Waals surface area contributed by atoms with Crippen LogP contribution in [0.15, 0.2) is 41.3 Å². The minimum absolute atomic E-state index is 0.136. The molecule has 1 atom stereocenters. The normalized spacial score (nSPS) is 17.1. The summed E-state index contributed by atoms with van der Waals surface area (Å²) in [4.78, 5) is 22.7. The number of nitrogens with zero attached hydrogens (tertiary/aromatic N) is 4. The molecule has 2 aliphatic heterocycles. The summed E-state index contributed by atoms with van der Waals surface area (Å²) in [5, 5.41) is 0. The van der Waals surface area contributed by atoms with Gasteiger partial charge in [0.05, 0.1) is 6.20 Å². The maximum atomic E-state index is 14.5. The number of pyridine rings is 1. The molecule has 3 aromatic rings. The molecule has 1 fully saturated rings. The van der Waals surface area contributed by atoms with Gasteiger partial charge in [0, 0.05) is 31.4 Å². The number of benzene rings is 1. The second kappa shape index (κ2) is 8.22. The third-order valence-corrected chi connectivity index (χ3v) is 5.80. The molecule has 0 spiro atoms. The molecule has 0 aliphatic carbocycles. The minimum Gasteiger partial charge on any atom is -0.473 e. The fourth-order valence-corrected chi connectivity index (χ4v) is 4.24. The Morgan fingerprint density at radius 3 is 2.72 bits per heavy atom. The first-order valence-corrected chi connectivity index (χ1v) is 10.5. The molecule has 9 heteroatoms. The number of ether oxygens (including phenoxy) is 2. The summed E-state index contributed by atoms with van der Waals surface area (Å²) in [7, 11) is 0. The number of hydrogen-bond acceptors (Lipinski definition) is 6. The van der Waals surface area contributed by atoms with Crippen molar-refractivity contribution in [2.75, 3.05) is 18.0 Å². The van der Waals surface area contributed by atoms with Crippen molar-refractivity contribution < 1.29 is 18.3 Å². The van der Waals surface area contributed by atoms with Gasteiger partial charge in [-0.2, -0.15) is 4.98 Å². The van der Waals surface area contributed by atoms with E-state index < -0.39 is 17.4 Å². The van der Waals surface area contributed by atoms with E-state index >= 15 is 0 Å². The molecule has 1 saturated heterocycles. The van der Waals surface area contributed by atoms with E-state index in [1.807, 2.05) is 0 Å². The average molecular weight is 440 g/mol. The van der Waals surface area contributed by atoms with Gasteiger partial charge in [-0.3, -0.25) is 9.55 Å². The fourth-order valence-electron chi connectivity index (χ4n) is 4.24. The highest BCUT2D eigenvalue weighted by atomic mass is 19.1. The average Bonchev–Trinajstić information content (AvgIpc) is 2.77. The minimum atomic E-state index is -0.859. The Balaban J connectivity index is 1.32. The number of fused-ring (bicyclic) bond motifs is 4. The third-order valence-electron chi connectivity index (χ3n) is 5.80. The van der Waals surface area contributed by atoms with Crippen LogP contribution in [0.2, 0.25) is 0 Å².